The molecule has 2 N–H and O–H groups in total. The second-order valence-corrected chi connectivity index (χ2v) is 7.58. The number of anilines is 1. The number of thiazole rings is 1. The van der Waals surface area contributed by atoms with E-state index in [1.165, 1.54) is 11.3 Å². The van der Waals surface area contributed by atoms with Crippen molar-refractivity contribution >= 4 is 26.3 Å². The molecular weight excluding hydrogens is 258 g/mol. The average Bonchev–Trinajstić information content (AvgIpc) is 2.83. The Kier molecular flexibility index (Phi) is 3.42. The highest BCUT2D eigenvalue weighted by Crippen LogP contribution is 2.27. The number of rotatable bonds is 3. The van der Waals surface area contributed by atoms with Crippen LogP contribution < -0.4 is 10.6 Å². The van der Waals surface area contributed by atoms with E-state index in [0.29, 0.717) is 6.42 Å². The first-order valence-corrected chi connectivity index (χ1v) is 8.23. The molecule has 2 unspecified atom stereocenters. The minimum absolute atomic E-state index is 0.0482. The van der Waals surface area contributed by atoms with Gasteiger partial charge in [0.2, 0.25) is 0 Å². The normalized spacial score (nSPS) is 24.8. The van der Waals surface area contributed by atoms with Crippen molar-refractivity contribution in [2.45, 2.75) is 25.4 Å². The van der Waals surface area contributed by atoms with Crippen molar-refractivity contribution in [3.63, 3.8) is 0 Å². The molecule has 17 heavy (non-hydrogen) atoms. The number of aromatic nitrogens is 1. The van der Waals surface area contributed by atoms with Gasteiger partial charge in [-0.15, -0.1) is 11.3 Å². The highest BCUT2D eigenvalue weighted by molar-refractivity contribution is 7.91. The molecule has 0 amide bonds. The second-order valence-electron chi connectivity index (χ2n) is 4.51. The van der Waals surface area contributed by atoms with Crippen LogP contribution in [0.15, 0.2) is 5.38 Å². The summed E-state index contributed by atoms with van der Waals surface area (Å²) in [6.45, 7) is 1.89. The third kappa shape index (κ3) is 2.78. The van der Waals surface area contributed by atoms with Crippen molar-refractivity contribution in [1.82, 2.24) is 4.98 Å². The van der Waals surface area contributed by atoms with Gasteiger partial charge < -0.3 is 10.6 Å². The molecule has 2 atom stereocenters. The fraction of sp³-hybridized carbons (Fsp3) is 0.700. The van der Waals surface area contributed by atoms with Crippen LogP contribution in [0.1, 0.15) is 25.1 Å². The van der Waals surface area contributed by atoms with Gasteiger partial charge in [-0.1, -0.05) is 0 Å². The highest BCUT2D eigenvalue weighted by atomic mass is 32.2. The van der Waals surface area contributed by atoms with Gasteiger partial charge in [-0.3, -0.25) is 0 Å². The van der Waals surface area contributed by atoms with Gasteiger partial charge in [-0.05, 0) is 13.3 Å². The summed E-state index contributed by atoms with van der Waals surface area (Å²) in [6.07, 6.45) is 0.686. The molecule has 0 aromatic carbocycles. The third-order valence-corrected chi connectivity index (χ3v) is 5.73. The van der Waals surface area contributed by atoms with Crippen molar-refractivity contribution in [1.29, 1.82) is 0 Å². The summed E-state index contributed by atoms with van der Waals surface area (Å²) < 4.78 is 22.9. The molecule has 2 heterocycles. The minimum atomic E-state index is -2.85. The van der Waals surface area contributed by atoms with E-state index in [-0.39, 0.29) is 23.6 Å². The van der Waals surface area contributed by atoms with Crippen LogP contribution in [0.3, 0.4) is 0 Å². The van der Waals surface area contributed by atoms with Crippen molar-refractivity contribution in [3.05, 3.63) is 11.1 Å². The minimum Gasteiger partial charge on any atom is -0.347 e. The van der Waals surface area contributed by atoms with Crippen molar-refractivity contribution in [2.24, 2.45) is 5.73 Å². The number of nitrogens with two attached hydrogens (primary N) is 1. The zero-order valence-corrected chi connectivity index (χ0v) is 11.6. The standard InChI is InChI=1S/C10H17N3O2S2/c1-7(11)9-5-16-10(12-9)13(2)8-3-4-17(14,15)6-8/h5,7-8H,3-4,6,11H2,1-2H3. The molecule has 7 heteroatoms. The van der Waals surface area contributed by atoms with Crippen LogP contribution in [-0.4, -0.2) is 38.0 Å². The van der Waals surface area contributed by atoms with E-state index in [1.54, 1.807) is 0 Å². The molecule has 1 aliphatic heterocycles. The van der Waals surface area contributed by atoms with Crippen LogP contribution in [-0.2, 0) is 9.84 Å². The Morgan fingerprint density at radius 2 is 2.35 bits per heavy atom. The number of sulfone groups is 1. The first-order valence-electron chi connectivity index (χ1n) is 5.53. The van der Waals surface area contributed by atoms with Crippen LogP contribution in [0.25, 0.3) is 0 Å². The lowest BCUT2D eigenvalue weighted by Crippen LogP contribution is -2.32. The van der Waals surface area contributed by atoms with Gasteiger partial charge in [0, 0.05) is 24.5 Å². The van der Waals surface area contributed by atoms with E-state index in [9.17, 15) is 8.42 Å². The maximum Gasteiger partial charge on any atom is 0.185 e. The fourth-order valence-corrected chi connectivity index (χ4v) is 4.63. The Balaban J connectivity index is 2.12. The quantitative estimate of drug-likeness (QED) is 0.882. The van der Waals surface area contributed by atoms with E-state index in [2.05, 4.69) is 4.98 Å². The summed E-state index contributed by atoms with van der Waals surface area (Å²) in [4.78, 5) is 6.39. The van der Waals surface area contributed by atoms with E-state index in [4.69, 9.17) is 5.73 Å². The Morgan fingerprint density at radius 1 is 1.65 bits per heavy atom. The Morgan fingerprint density at radius 3 is 2.82 bits per heavy atom. The van der Waals surface area contributed by atoms with E-state index < -0.39 is 9.84 Å². The van der Waals surface area contributed by atoms with Gasteiger partial charge in [0.15, 0.2) is 15.0 Å². The lowest BCUT2D eigenvalue weighted by molar-refractivity contribution is 0.600. The molecule has 0 aliphatic carbocycles. The van der Waals surface area contributed by atoms with Crippen LogP contribution >= 0.6 is 11.3 Å². The highest BCUT2D eigenvalue weighted by Gasteiger charge is 2.31. The Bertz CT molecular complexity index is 495. The van der Waals surface area contributed by atoms with Crippen molar-refractivity contribution < 1.29 is 8.42 Å². The first-order chi connectivity index (χ1) is 7.89. The maximum atomic E-state index is 11.4. The molecule has 96 valence electrons. The fourth-order valence-electron chi connectivity index (χ4n) is 1.88. The topological polar surface area (TPSA) is 76.3 Å². The number of hydrogen-bond acceptors (Lipinski definition) is 6. The summed E-state index contributed by atoms with van der Waals surface area (Å²) in [5.41, 5.74) is 6.61. The largest absolute Gasteiger partial charge is 0.347 e. The van der Waals surface area contributed by atoms with E-state index in [1.807, 2.05) is 24.3 Å². The molecule has 2 rings (SSSR count). The number of hydrogen-bond donors (Lipinski definition) is 1. The molecule has 0 bridgehead atoms. The van der Waals surface area contributed by atoms with Crippen molar-refractivity contribution in [3.8, 4) is 0 Å². The molecule has 0 saturated carbocycles. The molecule has 1 fully saturated rings. The Labute approximate surface area is 106 Å². The molecular formula is C10H17N3O2S2. The van der Waals surface area contributed by atoms with Crippen molar-refractivity contribution in [2.75, 3.05) is 23.5 Å². The van der Waals surface area contributed by atoms with Gasteiger partial charge in [-0.2, -0.15) is 0 Å². The van der Waals surface area contributed by atoms with Gasteiger partial charge >= 0.3 is 0 Å². The SMILES string of the molecule is CC(N)c1csc(N(C)C2CCS(=O)(=O)C2)n1. The molecule has 1 saturated heterocycles. The lowest BCUT2D eigenvalue weighted by Gasteiger charge is -2.22. The summed E-state index contributed by atoms with van der Waals surface area (Å²) in [5, 5.41) is 2.78. The van der Waals surface area contributed by atoms with Crippen LogP contribution in [0.2, 0.25) is 0 Å². The molecule has 1 aliphatic rings. The maximum absolute atomic E-state index is 11.4. The van der Waals surface area contributed by atoms with Crippen LogP contribution in [0, 0.1) is 0 Å². The molecule has 1 aromatic heterocycles. The monoisotopic (exact) mass is 275 g/mol. The lowest BCUT2D eigenvalue weighted by atomic mass is 10.2. The zero-order valence-electron chi connectivity index (χ0n) is 9.96. The van der Waals surface area contributed by atoms with Gasteiger partial charge in [-0.25, -0.2) is 13.4 Å². The molecule has 1 aromatic rings. The summed E-state index contributed by atoms with van der Waals surface area (Å²) in [7, 11) is -0.949. The van der Waals surface area contributed by atoms with Crippen LogP contribution in [0.5, 0.6) is 0 Å². The van der Waals surface area contributed by atoms with Gasteiger partial charge in [0.1, 0.15) is 0 Å². The molecule has 5 nitrogen and oxygen atoms in total. The van der Waals surface area contributed by atoms with Crippen LogP contribution in [0.4, 0.5) is 5.13 Å². The summed E-state index contributed by atoms with van der Waals surface area (Å²) in [6, 6.07) is -0.0345. The van der Waals surface area contributed by atoms with E-state index in [0.717, 1.165) is 10.8 Å². The molecule has 0 spiro atoms. The number of nitrogens with zero attached hydrogens (tertiary/aromatic N) is 2. The van der Waals surface area contributed by atoms with Gasteiger partial charge in [0.05, 0.1) is 17.2 Å². The summed E-state index contributed by atoms with van der Waals surface area (Å²) in [5.74, 6) is 0.518. The first kappa shape index (κ1) is 12.8. The van der Waals surface area contributed by atoms with E-state index >= 15 is 0 Å². The average molecular weight is 275 g/mol. The summed E-state index contributed by atoms with van der Waals surface area (Å²) >= 11 is 1.51. The predicted octanol–water partition coefficient (Wildman–Crippen LogP) is 0.786. The predicted molar refractivity (Wildman–Crippen MR) is 70.2 cm³/mol. The van der Waals surface area contributed by atoms with Gasteiger partial charge in [0.25, 0.3) is 0 Å². The smallest absolute Gasteiger partial charge is 0.185 e. The second kappa shape index (κ2) is 4.55. The third-order valence-electron chi connectivity index (χ3n) is 3.03. The molecule has 0 radical (unpaired) electrons. The Hall–Kier alpha value is -0.660. The zero-order chi connectivity index (χ0) is 12.6.